The third-order valence-electron chi connectivity index (χ3n) is 4.31. The standard InChI is InChI=1S/C20H19ClF2N2O4S/c1-28-14-4-2-11(8-15(14)29-20(22)23)6-7-24-18(26)10-17-19(27)25-13-9-12(21)3-5-16(13)30-17/h2-5,8-9,17,20H,6-7,10H2,1H3,(H,24,26)(H,25,27). The molecule has 0 aliphatic carbocycles. The first kappa shape index (κ1) is 22.2. The summed E-state index contributed by atoms with van der Waals surface area (Å²) >= 11 is 7.24. The van der Waals surface area contributed by atoms with Gasteiger partial charge in [0.15, 0.2) is 11.5 Å². The number of carbonyl (C=O) groups is 2. The van der Waals surface area contributed by atoms with Crippen molar-refractivity contribution in [3.8, 4) is 11.5 Å². The van der Waals surface area contributed by atoms with Crippen LogP contribution >= 0.6 is 23.4 Å². The summed E-state index contributed by atoms with van der Waals surface area (Å²) in [5.74, 6) is -0.401. The zero-order chi connectivity index (χ0) is 21.7. The molecule has 2 aromatic carbocycles. The molecular weight excluding hydrogens is 438 g/mol. The summed E-state index contributed by atoms with van der Waals surface area (Å²) in [6, 6.07) is 9.87. The number of thioether (sulfide) groups is 1. The van der Waals surface area contributed by atoms with Crippen molar-refractivity contribution in [3.05, 3.63) is 47.0 Å². The van der Waals surface area contributed by atoms with E-state index in [1.165, 1.54) is 31.0 Å². The third-order valence-corrected chi connectivity index (χ3v) is 5.82. The number of benzene rings is 2. The number of alkyl halides is 2. The first-order chi connectivity index (χ1) is 14.4. The van der Waals surface area contributed by atoms with Crippen LogP contribution in [0.4, 0.5) is 14.5 Å². The molecule has 0 radical (unpaired) electrons. The average molecular weight is 457 g/mol. The number of anilines is 1. The summed E-state index contributed by atoms with van der Waals surface area (Å²) in [6.45, 7) is -2.68. The first-order valence-electron chi connectivity index (χ1n) is 9.01. The second-order valence-electron chi connectivity index (χ2n) is 6.40. The number of methoxy groups -OCH3 is 1. The number of hydrogen-bond acceptors (Lipinski definition) is 5. The Morgan fingerprint density at radius 1 is 1.27 bits per heavy atom. The molecule has 1 aliphatic rings. The Bertz CT molecular complexity index is 945. The van der Waals surface area contributed by atoms with Crippen LogP contribution in [0, 0.1) is 0 Å². The van der Waals surface area contributed by atoms with E-state index >= 15 is 0 Å². The highest BCUT2D eigenvalue weighted by atomic mass is 35.5. The number of halogens is 3. The van der Waals surface area contributed by atoms with Gasteiger partial charge < -0.3 is 20.1 Å². The average Bonchev–Trinajstić information content (AvgIpc) is 2.68. The second kappa shape index (κ2) is 9.99. The van der Waals surface area contributed by atoms with Crippen molar-refractivity contribution in [1.29, 1.82) is 0 Å². The van der Waals surface area contributed by atoms with E-state index in [0.717, 1.165) is 4.90 Å². The van der Waals surface area contributed by atoms with Gasteiger partial charge in [-0.1, -0.05) is 17.7 Å². The molecule has 1 unspecified atom stereocenters. The van der Waals surface area contributed by atoms with Gasteiger partial charge in [-0.2, -0.15) is 8.78 Å². The summed E-state index contributed by atoms with van der Waals surface area (Å²) in [5.41, 5.74) is 1.33. The zero-order valence-corrected chi connectivity index (χ0v) is 17.5. The lowest BCUT2D eigenvalue weighted by Crippen LogP contribution is -2.35. The van der Waals surface area contributed by atoms with Crippen LogP contribution in [-0.4, -0.2) is 37.3 Å². The molecule has 2 N–H and O–H groups in total. The minimum absolute atomic E-state index is 0.0148. The Kier molecular flexibility index (Phi) is 7.38. The molecule has 0 bridgehead atoms. The van der Waals surface area contributed by atoms with Gasteiger partial charge in [-0.15, -0.1) is 11.8 Å². The molecule has 6 nitrogen and oxygen atoms in total. The molecule has 30 heavy (non-hydrogen) atoms. The van der Waals surface area contributed by atoms with Crippen molar-refractivity contribution in [1.82, 2.24) is 5.32 Å². The van der Waals surface area contributed by atoms with E-state index in [4.69, 9.17) is 16.3 Å². The van der Waals surface area contributed by atoms with Gasteiger partial charge in [0.2, 0.25) is 11.8 Å². The molecule has 10 heteroatoms. The first-order valence-corrected chi connectivity index (χ1v) is 10.3. The van der Waals surface area contributed by atoms with Crippen LogP contribution in [0.5, 0.6) is 11.5 Å². The van der Waals surface area contributed by atoms with Gasteiger partial charge in [0.25, 0.3) is 0 Å². The van der Waals surface area contributed by atoms with Gasteiger partial charge >= 0.3 is 6.61 Å². The minimum Gasteiger partial charge on any atom is -0.493 e. The lowest BCUT2D eigenvalue weighted by atomic mass is 10.1. The predicted octanol–water partition coefficient (Wildman–Crippen LogP) is 4.11. The fraction of sp³-hybridized carbons (Fsp3) is 0.300. The summed E-state index contributed by atoms with van der Waals surface area (Å²) in [4.78, 5) is 25.3. The lowest BCUT2D eigenvalue weighted by Gasteiger charge is -2.23. The number of rotatable bonds is 8. The van der Waals surface area contributed by atoms with Crippen LogP contribution in [0.1, 0.15) is 12.0 Å². The van der Waals surface area contributed by atoms with E-state index in [2.05, 4.69) is 15.4 Å². The third kappa shape index (κ3) is 5.76. The van der Waals surface area contributed by atoms with Gasteiger partial charge in [-0.3, -0.25) is 9.59 Å². The highest BCUT2D eigenvalue weighted by Gasteiger charge is 2.29. The number of nitrogens with one attached hydrogen (secondary N) is 2. The monoisotopic (exact) mass is 456 g/mol. The number of amides is 2. The summed E-state index contributed by atoms with van der Waals surface area (Å²) in [6.07, 6.45) is 0.418. The zero-order valence-electron chi connectivity index (χ0n) is 15.9. The maximum absolute atomic E-state index is 12.5. The van der Waals surface area contributed by atoms with Crippen molar-refractivity contribution in [2.75, 3.05) is 19.0 Å². The molecule has 2 amide bonds. The Balaban J connectivity index is 1.51. The number of hydrogen-bond donors (Lipinski definition) is 2. The van der Waals surface area contributed by atoms with Gasteiger partial charge in [-0.25, -0.2) is 0 Å². The molecule has 0 aromatic heterocycles. The molecule has 3 rings (SSSR count). The normalized spacial score (nSPS) is 15.4. The van der Waals surface area contributed by atoms with Crippen LogP contribution in [0.2, 0.25) is 5.02 Å². The van der Waals surface area contributed by atoms with E-state index in [1.54, 1.807) is 24.3 Å². The van der Waals surface area contributed by atoms with E-state index in [9.17, 15) is 18.4 Å². The number of ether oxygens (including phenoxy) is 2. The Hall–Kier alpha value is -2.52. The summed E-state index contributed by atoms with van der Waals surface area (Å²) in [7, 11) is 1.36. The maximum Gasteiger partial charge on any atom is 0.387 e. The number of fused-ring (bicyclic) bond motifs is 1. The van der Waals surface area contributed by atoms with Gasteiger partial charge in [0.1, 0.15) is 0 Å². The molecule has 1 aliphatic heterocycles. The van der Waals surface area contributed by atoms with Gasteiger partial charge in [0.05, 0.1) is 18.0 Å². The molecule has 0 spiro atoms. The van der Waals surface area contributed by atoms with Crippen molar-refractivity contribution >= 4 is 40.9 Å². The van der Waals surface area contributed by atoms with Crippen molar-refractivity contribution in [2.24, 2.45) is 0 Å². The van der Waals surface area contributed by atoms with Crippen LogP contribution in [0.3, 0.4) is 0 Å². The van der Waals surface area contributed by atoms with E-state index in [0.29, 0.717) is 22.7 Å². The molecule has 0 saturated heterocycles. The molecule has 0 saturated carbocycles. The molecule has 1 atom stereocenters. The van der Waals surface area contributed by atoms with Crippen LogP contribution in [0.25, 0.3) is 0 Å². The molecule has 0 fully saturated rings. The van der Waals surface area contributed by atoms with Gasteiger partial charge in [-0.05, 0) is 42.3 Å². The second-order valence-corrected chi connectivity index (χ2v) is 8.09. The quantitative estimate of drug-likeness (QED) is 0.625. The predicted molar refractivity (Wildman–Crippen MR) is 111 cm³/mol. The fourth-order valence-corrected chi connectivity index (χ4v) is 4.17. The Morgan fingerprint density at radius 2 is 2.07 bits per heavy atom. The van der Waals surface area contributed by atoms with Crippen LogP contribution in [-0.2, 0) is 16.0 Å². The van der Waals surface area contributed by atoms with E-state index in [-0.39, 0.29) is 36.3 Å². The van der Waals surface area contributed by atoms with Gasteiger partial charge in [0, 0.05) is 22.9 Å². The SMILES string of the molecule is COc1ccc(CCNC(=O)CC2Sc3ccc(Cl)cc3NC2=O)cc1OC(F)F. The highest BCUT2D eigenvalue weighted by molar-refractivity contribution is 8.01. The molecule has 160 valence electrons. The van der Waals surface area contributed by atoms with Crippen molar-refractivity contribution in [2.45, 2.75) is 29.6 Å². The van der Waals surface area contributed by atoms with Crippen molar-refractivity contribution in [3.63, 3.8) is 0 Å². The molecule has 1 heterocycles. The van der Waals surface area contributed by atoms with Crippen molar-refractivity contribution < 1.29 is 27.8 Å². The minimum atomic E-state index is -2.96. The summed E-state index contributed by atoms with van der Waals surface area (Å²) in [5, 5.41) is 5.48. The molecule has 2 aromatic rings. The smallest absolute Gasteiger partial charge is 0.387 e. The Labute approximate surface area is 181 Å². The lowest BCUT2D eigenvalue weighted by molar-refractivity contribution is -0.124. The topological polar surface area (TPSA) is 76.7 Å². The number of carbonyl (C=O) groups excluding carboxylic acids is 2. The molecular formula is C20H19ClF2N2O4S. The van der Waals surface area contributed by atoms with Crippen LogP contribution in [0.15, 0.2) is 41.3 Å². The fourth-order valence-electron chi connectivity index (χ4n) is 2.91. The highest BCUT2D eigenvalue weighted by Crippen LogP contribution is 2.38. The largest absolute Gasteiger partial charge is 0.493 e. The van der Waals surface area contributed by atoms with E-state index < -0.39 is 11.9 Å². The Morgan fingerprint density at radius 3 is 2.80 bits per heavy atom. The van der Waals surface area contributed by atoms with Crippen LogP contribution < -0.4 is 20.1 Å². The maximum atomic E-state index is 12.5. The summed E-state index contributed by atoms with van der Waals surface area (Å²) < 4.78 is 34.5. The van der Waals surface area contributed by atoms with E-state index in [1.807, 2.05) is 0 Å².